The molecule has 3 heteroatoms. The molecular weight excluding hydrogens is 270 g/mol. The van der Waals surface area contributed by atoms with Crippen molar-refractivity contribution in [3.63, 3.8) is 0 Å². The number of rotatable bonds is 7. The maximum absolute atomic E-state index is 6.06. The molecular formula is C17H20ClNO. The Morgan fingerprint density at radius 1 is 1.00 bits per heavy atom. The Labute approximate surface area is 125 Å². The lowest BCUT2D eigenvalue weighted by Crippen LogP contribution is -2.27. The van der Waals surface area contributed by atoms with E-state index in [0.717, 1.165) is 25.0 Å². The van der Waals surface area contributed by atoms with Gasteiger partial charge >= 0.3 is 0 Å². The summed E-state index contributed by atoms with van der Waals surface area (Å²) in [5, 5.41) is 0.713. The van der Waals surface area contributed by atoms with Gasteiger partial charge in [0.15, 0.2) is 0 Å². The predicted octanol–water partition coefficient (Wildman–Crippen LogP) is 4.07. The van der Waals surface area contributed by atoms with Crippen LogP contribution in [0.25, 0.3) is 0 Å². The van der Waals surface area contributed by atoms with Gasteiger partial charge in [0.05, 0.1) is 0 Å². The van der Waals surface area contributed by atoms with Gasteiger partial charge in [-0.1, -0.05) is 41.9 Å². The molecule has 2 aromatic carbocycles. The molecule has 0 saturated heterocycles. The number of benzene rings is 2. The number of ether oxygens (including phenoxy) is 1. The van der Waals surface area contributed by atoms with Crippen LogP contribution in [0.4, 0.5) is 0 Å². The molecule has 106 valence electrons. The molecule has 1 atom stereocenters. The first-order valence-corrected chi connectivity index (χ1v) is 7.30. The van der Waals surface area contributed by atoms with Gasteiger partial charge in [-0.15, -0.1) is 0 Å². The van der Waals surface area contributed by atoms with Crippen LogP contribution in [0.3, 0.4) is 0 Å². The second-order valence-corrected chi connectivity index (χ2v) is 5.34. The summed E-state index contributed by atoms with van der Waals surface area (Å²) in [5.74, 6) is 0.813. The number of aryl methyl sites for hydroxylation is 1. The topological polar surface area (TPSA) is 35.2 Å². The van der Waals surface area contributed by atoms with E-state index in [0.29, 0.717) is 11.6 Å². The van der Waals surface area contributed by atoms with Crippen molar-refractivity contribution in [3.8, 4) is 5.75 Å². The Kier molecular flexibility index (Phi) is 5.90. The van der Waals surface area contributed by atoms with Gasteiger partial charge in [-0.25, -0.2) is 0 Å². The largest absolute Gasteiger partial charge is 0.492 e. The molecule has 2 N–H and O–H groups in total. The van der Waals surface area contributed by atoms with Crippen LogP contribution in [-0.2, 0) is 6.42 Å². The van der Waals surface area contributed by atoms with E-state index in [4.69, 9.17) is 22.1 Å². The van der Waals surface area contributed by atoms with E-state index in [9.17, 15) is 0 Å². The molecule has 0 aliphatic carbocycles. The first kappa shape index (κ1) is 14.9. The summed E-state index contributed by atoms with van der Waals surface area (Å²) in [7, 11) is 0. The molecule has 0 fully saturated rings. The average molecular weight is 290 g/mol. The Hall–Kier alpha value is -1.51. The van der Waals surface area contributed by atoms with Crippen LogP contribution in [0.5, 0.6) is 5.75 Å². The zero-order valence-electron chi connectivity index (χ0n) is 11.5. The van der Waals surface area contributed by atoms with E-state index in [1.54, 1.807) is 0 Å². The standard InChI is InChI=1S/C17H20ClNO/c18-15-9-11-17(12-10-15)20-13-16(19)8-4-7-14-5-2-1-3-6-14/h1-3,5-6,9-12,16H,4,7-8,13,19H2. The van der Waals surface area contributed by atoms with Gasteiger partial charge in [-0.05, 0) is 49.1 Å². The minimum atomic E-state index is 0.0643. The molecule has 0 heterocycles. The highest BCUT2D eigenvalue weighted by atomic mass is 35.5. The van der Waals surface area contributed by atoms with Crippen molar-refractivity contribution in [1.29, 1.82) is 0 Å². The first-order chi connectivity index (χ1) is 9.74. The van der Waals surface area contributed by atoms with Crippen LogP contribution in [0.1, 0.15) is 18.4 Å². The Morgan fingerprint density at radius 3 is 2.40 bits per heavy atom. The molecule has 0 aliphatic rings. The SMILES string of the molecule is NC(CCCc1ccccc1)COc1ccc(Cl)cc1. The van der Waals surface area contributed by atoms with Crippen LogP contribution in [0.15, 0.2) is 54.6 Å². The van der Waals surface area contributed by atoms with Crippen LogP contribution in [0.2, 0.25) is 5.02 Å². The normalized spacial score (nSPS) is 12.1. The van der Waals surface area contributed by atoms with Crippen molar-refractivity contribution in [1.82, 2.24) is 0 Å². The highest BCUT2D eigenvalue weighted by Gasteiger charge is 2.04. The van der Waals surface area contributed by atoms with Gasteiger partial charge in [-0.3, -0.25) is 0 Å². The smallest absolute Gasteiger partial charge is 0.119 e. The van der Waals surface area contributed by atoms with Crippen LogP contribution < -0.4 is 10.5 Å². The maximum Gasteiger partial charge on any atom is 0.119 e. The molecule has 0 aliphatic heterocycles. The van der Waals surface area contributed by atoms with E-state index in [-0.39, 0.29) is 6.04 Å². The summed E-state index contributed by atoms with van der Waals surface area (Å²) in [6.45, 7) is 0.538. The molecule has 0 amide bonds. The lowest BCUT2D eigenvalue weighted by atomic mass is 10.1. The Balaban J connectivity index is 1.65. The third kappa shape index (κ3) is 5.24. The lowest BCUT2D eigenvalue weighted by molar-refractivity contribution is 0.280. The Morgan fingerprint density at radius 2 is 1.70 bits per heavy atom. The average Bonchev–Trinajstić information content (AvgIpc) is 2.48. The second-order valence-electron chi connectivity index (χ2n) is 4.90. The zero-order valence-corrected chi connectivity index (χ0v) is 12.2. The molecule has 20 heavy (non-hydrogen) atoms. The van der Waals surface area contributed by atoms with Gasteiger partial charge in [0.1, 0.15) is 12.4 Å². The van der Waals surface area contributed by atoms with Crippen molar-refractivity contribution in [3.05, 3.63) is 65.2 Å². The molecule has 0 spiro atoms. The lowest BCUT2D eigenvalue weighted by Gasteiger charge is -2.13. The Bertz CT molecular complexity index is 498. The van der Waals surface area contributed by atoms with Crippen molar-refractivity contribution >= 4 is 11.6 Å². The predicted molar refractivity (Wildman–Crippen MR) is 84.3 cm³/mol. The number of hydrogen-bond donors (Lipinski definition) is 1. The van der Waals surface area contributed by atoms with Gasteiger partial charge in [0.25, 0.3) is 0 Å². The van der Waals surface area contributed by atoms with Crippen molar-refractivity contribution in [2.75, 3.05) is 6.61 Å². The molecule has 0 bridgehead atoms. The zero-order chi connectivity index (χ0) is 14.2. The van der Waals surface area contributed by atoms with E-state index in [1.165, 1.54) is 5.56 Å². The maximum atomic E-state index is 6.06. The van der Waals surface area contributed by atoms with E-state index >= 15 is 0 Å². The fourth-order valence-corrected chi connectivity index (χ4v) is 2.16. The second kappa shape index (κ2) is 7.93. The summed E-state index contributed by atoms with van der Waals surface area (Å²) in [6, 6.07) is 17.9. The minimum absolute atomic E-state index is 0.0643. The van der Waals surface area contributed by atoms with Gasteiger partial charge < -0.3 is 10.5 Å². The summed E-state index contributed by atoms with van der Waals surface area (Å²) in [5.41, 5.74) is 7.42. The van der Waals surface area contributed by atoms with Crippen molar-refractivity contribution < 1.29 is 4.74 Å². The summed E-state index contributed by atoms with van der Waals surface area (Å²) >= 11 is 5.82. The summed E-state index contributed by atoms with van der Waals surface area (Å²) in [6.07, 6.45) is 3.10. The van der Waals surface area contributed by atoms with E-state index in [1.807, 2.05) is 30.3 Å². The van der Waals surface area contributed by atoms with E-state index in [2.05, 4.69) is 24.3 Å². The summed E-state index contributed by atoms with van der Waals surface area (Å²) < 4.78 is 5.64. The monoisotopic (exact) mass is 289 g/mol. The molecule has 1 unspecified atom stereocenters. The van der Waals surface area contributed by atoms with Gasteiger partial charge in [0, 0.05) is 11.1 Å². The van der Waals surface area contributed by atoms with Gasteiger partial charge in [-0.2, -0.15) is 0 Å². The van der Waals surface area contributed by atoms with Crippen molar-refractivity contribution in [2.24, 2.45) is 5.73 Å². The fraction of sp³-hybridized carbons (Fsp3) is 0.294. The van der Waals surface area contributed by atoms with Crippen LogP contribution in [-0.4, -0.2) is 12.6 Å². The third-order valence-electron chi connectivity index (χ3n) is 3.16. The molecule has 2 rings (SSSR count). The third-order valence-corrected chi connectivity index (χ3v) is 3.41. The molecule has 2 nitrogen and oxygen atoms in total. The number of nitrogens with two attached hydrogens (primary N) is 1. The molecule has 0 saturated carbocycles. The summed E-state index contributed by atoms with van der Waals surface area (Å²) in [4.78, 5) is 0. The number of hydrogen-bond acceptors (Lipinski definition) is 2. The fourth-order valence-electron chi connectivity index (χ4n) is 2.03. The molecule has 2 aromatic rings. The van der Waals surface area contributed by atoms with Crippen molar-refractivity contribution in [2.45, 2.75) is 25.3 Å². The minimum Gasteiger partial charge on any atom is -0.492 e. The molecule has 0 aromatic heterocycles. The first-order valence-electron chi connectivity index (χ1n) is 6.92. The number of halogens is 1. The molecule has 0 radical (unpaired) electrons. The van der Waals surface area contributed by atoms with Gasteiger partial charge in [0.2, 0.25) is 0 Å². The van der Waals surface area contributed by atoms with E-state index < -0.39 is 0 Å². The highest BCUT2D eigenvalue weighted by Crippen LogP contribution is 2.16. The highest BCUT2D eigenvalue weighted by molar-refractivity contribution is 6.30. The van der Waals surface area contributed by atoms with Crippen LogP contribution >= 0.6 is 11.6 Å². The quantitative estimate of drug-likeness (QED) is 0.834. The van der Waals surface area contributed by atoms with Crippen LogP contribution in [0, 0.1) is 0 Å².